The lowest BCUT2D eigenvalue weighted by Crippen LogP contribution is -2.36. The molecule has 1 aliphatic carbocycles. The van der Waals surface area contributed by atoms with Crippen molar-refractivity contribution in [3.63, 3.8) is 0 Å². The third kappa shape index (κ3) is 4.86. The smallest absolute Gasteiger partial charge is 0.305 e. The lowest BCUT2D eigenvalue weighted by atomic mass is 10.1. The predicted molar refractivity (Wildman–Crippen MR) is 112 cm³/mol. The van der Waals surface area contributed by atoms with Crippen LogP contribution in [0.1, 0.15) is 60.4 Å². The molecule has 0 aliphatic heterocycles. The van der Waals surface area contributed by atoms with Crippen molar-refractivity contribution in [2.45, 2.75) is 59.4 Å². The van der Waals surface area contributed by atoms with Crippen LogP contribution in [-0.4, -0.2) is 46.3 Å². The second-order valence-corrected chi connectivity index (χ2v) is 8.27. The van der Waals surface area contributed by atoms with Gasteiger partial charge in [-0.05, 0) is 68.9 Å². The minimum Gasteiger partial charge on any atom is -0.469 e. The Labute approximate surface area is 172 Å². The zero-order chi connectivity index (χ0) is 21.1. The Kier molecular flexibility index (Phi) is 6.40. The van der Waals surface area contributed by atoms with Crippen molar-refractivity contribution in [2.75, 3.05) is 13.7 Å². The molecule has 1 saturated carbocycles. The lowest BCUT2D eigenvalue weighted by molar-refractivity contribution is -0.140. The second-order valence-electron chi connectivity index (χ2n) is 8.27. The van der Waals surface area contributed by atoms with Crippen LogP contribution in [0.4, 0.5) is 0 Å². The molecule has 1 heterocycles. The van der Waals surface area contributed by atoms with E-state index in [4.69, 9.17) is 4.74 Å². The SMILES string of the molecule is COC(=O)CCc1c(C)nn(-c2ccc(C(=O)N(CC(C)C)C3CC3)cc2)c1C. The molecule has 0 unspecified atom stereocenters. The molecular weight excluding hydrogens is 366 g/mol. The maximum Gasteiger partial charge on any atom is 0.305 e. The third-order valence-electron chi connectivity index (χ3n) is 5.42. The molecule has 6 heteroatoms. The van der Waals surface area contributed by atoms with Crippen molar-refractivity contribution in [1.82, 2.24) is 14.7 Å². The fourth-order valence-corrected chi connectivity index (χ4v) is 3.71. The first-order chi connectivity index (χ1) is 13.8. The molecule has 0 atom stereocenters. The average Bonchev–Trinajstić information content (AvgIpc) is 3.50. The van der Waals surface area contributed by atoms with Gasteiger partial charge in [0.15, 0.2) is 0 Å². The van der Waals surface area contributed by atoms with Crippen LogP contribution >= 0.6 is 0 Å². The first kappa shape index (κ1) is 21.1. The van der Waals surface area contributed by atoms with Crippen LogP contribution in [-0.2, 0) is 16.0 Å². The van der Waals surface area contributed by atoms with Crippen LogP contribution < -0.4 is 0 Å². The van der Waals surface area contributed by atoms with Crippen molar-refractivity contribution in [2.24, 2.45) is 5.92 Å². The summed E-state index contributed by atoms with van der Waals surface area (Å²) in [7, 11) is 1.40. The number of methoxy groups -OCH3 is 1. The highest BCUT2D eigenvalue weighted by atomic mass is 16.5. The summed E-state index contributed by atoms with van der Waals surface area (Å²) >= 11 is 0. The summed E-state index contributed by atoms with van der Waals surface area (Å²) < 4.78 is 6.62. The van der Waals surface area contributed by atoms with Crippen LogP contribution in [0.3, 0.4) is 0 Å². The number of aryl methyl sites for hydroxylation is 1. The number of nitrogens with zero attached hydrogens (tertiary/aromatic N) is 3. The van der Waals surface area contributed by atoms with E-state index in [2.05, 4.69) is 18.9 Å². The van der Waals surface area contributed by atoms with E-state index in [1.54, 1.807) is 0 Å². The maximum atomic E-state index is 13.0. The highest BCUT2D eigenvalue weighted by Crippen LogP contribution is 2.29. The molecule has 3 rings (SSSR count). The number of amides is 1. The minimum absolute atomic E-state index is 0.111. The van der Waals surface area contributed by atoms with Crippen LogP contribution in [0, 0.1) is 19.8 Å². The van der Waals surface area contributed by atoms with Crippen LogP contribution in [0.25, 0.3) is 5.69 Å². The number of carbonyl (C=O) groups is 2. The summed E-state index contributed by atoms with van der Waals surface area (Å²) in [4.78, 5) is 26.5. The number of hydrogen-bond acceptors (Lipinski definition) is 4. The molecule has 1 amide bonds. The van der Waals surface area contributed by atoms with E-state index in [0.717, 1.165) is 42.0 Å². The van der Waals surface area contributed by atoms with E-state index in [0.29, 0.717) is 30.4 Å². The van der Waals surface area contributed by atoms with E-state index < -0.39 is 0 Å². The molecule has 0 radical (unpaired) electrons. The Hall–Kier alpha value is -2.63. The van der Waals surface area contributed by atoms with E-state index in [-0.39, 0.29) is 11.9 Å². The first-order valence-electron chi connectivity index (χ1n) is 10.3. The van der Waals surface area contributed by atoms with Crippen LogP contribution in [0.2, 0.25) is 0 Å². The summed E-state index contributed by atoms with van der Waals surface area (Å²) in [6.45, 7) is 9.04. The molecule has 1 fully saturated rings. The second kappa shape index (κ2) is 8.80. The minimum atomic E-state index is -0.221. The van der Waals surface area contributed by atoms with Gasteiger partial charge in [0, 0.05) is 30.3 Å². The quantitative estimate of drug-likeness (QED) is 0.635. The van der Waals surface area contributed by atoms with Crippen LogP contribution in [0.15, 0.2) is 24.3 Å². The highest BCUT2D eigenvalue weighted by Gasteiger charge is 2.33. The number of ether oxygens (including phenoxy) is 1. The van der Waals surface area contributed by atoms with Gasteiger partial charge in [-0.1, -0.05) is 13.8 Å². The fourth-order valence-electron chi connectivity index (χ4n) is 3.71. The van der Waals surface area contributed by atoms with Gasteiger partial charge in [-0.2, -0.15) is 5.10 Å². The molecule has 0 spiro atoms. The molecule has 1 aromatic heterocycles. The van der Waals surface area contributed by atoms with Crippen LogP contribution in [0.5, 0.6) is 0 Å². The molecule has 0 saturated heterocycles. The normalized spacial score (nSPS) is 13.6. The number of rotatable bonds is 8. The predicted octanol–water partition coefficient (Wildman–Crippen LogP) is 3.86. The third-order valence-corrected chi connectivity index (χ3v) is 5.42. The van der Waals surface area contributed by atoms with E-state index in [1.807, 2.05) is 47.7 Å². The lowest BCUT2D eigenvalue weighted by Gasteiger charge is -2.24. The van der Waals surface area contributed by atoms with Crippen molar-refractivity contribution < 1.29 is 14.3 Å². The topological polar surface area (TPSA) is 64.4 Å². The molecule has 0 N–H and O–H groups in total. The molecule has 0 bridgehead atoms. The number of hydrogen-bond donors (Lipinski definition) is 0. The molecule has 6 nitrogen and oxygen atoms in total. The van der Waals surface area contributed by atoms with Gasteiger partial charge in [0.2, 0.25) is 0 Å². The number of aromatic nitrogens is 2. The van der Waals surface area contributed by atoms with Crippen molar-refractivity contribution >= 4 is 11.9 Å². The Morgan fingerprint density at radius 1 is 1.21 bits per heavy atom. The summed E-state index contributed by atoms with van der Waals surface area (Å²) in [5, 5.41) is 4.64. The number of benzene rings is 1. The Bertz CT molecular complexity index is 880. The molecule has 2 aromatic rings. The van der Waals surface area contributed by atoms with E-state index in [9.17, 15) is 9.59 Å². The van der Waals surface area contributed by atoms with Gasteiger partial charge >= 0.3 is 5.97 Å². The average molecular weight is 398 g/mol. The van der Waals surface area contributed by atoms with Gasteiger partial charge in [0.25, 0.3) is 5.91 Å². The molecule has 156 valence electrons. The first-order valence-corrected chi connectivity index (χ1v) is 10.3. The van der Waals surface area contributed by atoms with E-state index in [1.165, 1.54) is 7.11 Å². The van der Waals surface area contributed by atoms with Gasteiger partial charge < -0.3 is 9.64 Å². The highest BCUT2D eigenvalue weighted by molar-refractivity contribution is 5.94. The Morgan fingerprint density at radius 2 is 1.86 bits per heavy atom. The maximum absolute atomic E-state index is 13.0. The van der Waals surface area contributed by atoms with E-state index >= 15 is 0 Å². The summed E-state index contributed by atoms with van der Waals surface area (Å²) in [5.74, 6) is 0.345. The zero-order valence-corrected chi connectivity index (χ0v) is 18.1. The summed E-state index contributed by atoms with van der Waals surface area (Å²) in [6.07, 6.45) is 3.16. The van der Waals surface area contributed by atoms with Gasteiger partial charge in [0.05, 0.1) is 18.5 Å². The molecular formula is C23H31N3O3. The summed E-state index contributed by atoms with van der Waals surface area (Å²) in [5.41, 5.74) is 4.60. The largest absolute Gasteiger partial charge is 0.469 e. The van der Waals surface area contributed by atoms with Crippen molar-refractivity contribution in [3.05, 3.63) is 46.8 Å². The monoisotopic (exact) mass is 397 g/mol. The number of esters is 1. The Balaban J connectivity index is 1.78. The fraction of sp³-hybridized carbons (Fsp3) is 0.522. The van der Waals surface area contributed by atoms with Crippen molar-refractivity contribution in [1.29, 1.82) is 0 Å². The zero-order valence-electron chi connectivity index (χ0n) is 18.1. The standard InChI is InChI=1S/C23H31N3O3/c1-15(2)14-25(19-10-11-19)23(28)18-6-8-20(9-7-18)26-17(4)21(16(3)24-26)12-13-22(27)29-5/h6-9,15,19H,10-14H2,1-5H3. The van der Waals surface area contributed by atoms with Gasteiger partial charge in [-0.3, -0.25) is 9.59 Å². The number of carbonyl (C=O) groups excluding carboxylic acids is 2. The van der Waals surface area contributed by atoms with Gasteiger partial charge in [-0.15, -0.1) is 0 Å². The van der Waals surface area contributed by atoms with Crippen molar-refractivity contribution in [3.8, 4) is 5.69 Å². The molecule has 1 aromatic carbocycles. The Morgan fingerprint density at radius 3 is 2.41 bits per heavy atom. The van der Waals surface area contributed by atoms with Gasteiger partial charge in [-0.25, -0.2) is 4.68 Å². The summed E-state index contributed by atoms with van der Waals surface area (Å²) in [6, 6.07) is 8.06. The molecule has 1 aliphatic rings. The van der Waals surface area contributed by atoms with Gasteiger partial charge in [0.1, 0.15) is 0 Å². The molecule has 29 heavy (non-hydrogen) atoms.